The van der Waals surface area contributed by atoms with Crippen LogP contribution in [0.2, 0.25) is 5.02 Å². The number of carbonyl (C=O) groups is 1. The average molecular weight is 470 g/mol. The summed E-state index contributed by atoms with van der Waals surface area (Å²) >= 11 is 10.6. The van der Waals surface area contributed by atoms with Gasteiger partial charge in [-0.3, -0.25) is 0 Å². The van der Waals surface area contributed by atoms with Gasteiger partial charge in [0.25, 0.3) is 0 Å². The molecule has 5 nitrogen and oxygen atoms in total. The van der Waals surface area contributed by atoms with Crippen LogP contribution in [0.5, 0.6) is 5.88 Å². The predicted molar refractivity (Wildman–Crippen MR) is 109 cm³/mol. The van der Waals surface area contributed by atoms with Crippen LogP contribution in [0, 0.1) is 6.92 Å². The van der Waals surface area contributed by atoms with Gasteiger partial charge < -0.3 is 9.15 Å². The molecule has 0 aliphatic heterocycles. The highest BCUT2D eigenvalue weighted by Crippen LogP contribution is 2.40. The number of hydrogen-bond acceptors (Lipinski definition) is 5. The molecule has 27 heavy (non-hydrogen) atoms. The number of aromatic nitrogens is 2. The van der Waals surface area contributed by atoms with Gasteiger partial charge >= 0.3 is 5.97 Å². The van der Waals surface area contributed by atoms with Gasteiger partial charge in [0.1, 0.15) is 0 Å². The number of nitrogens with zero attached hydrogens (tertiary/aromatic N) is 2. The van der Waals surface area contributed by atoms with Crippen molar-refractivity contribution in [2.75, 3.05) is 0 Å². The van der Waals surface area contributed by atoms with Crippen LogP contribution < -0.4 is 4.74 Å². The van der Waals surface area contributed by atoms with Crippen molar-refractivity contribution in [1.82, 2.24) is 9.78 Å². The SMILES string of the molecule is Cc1nn(C(C)(C)C)c(OC(=O)c2ccc(Br)o2)c1Sc1ccc(Cl)cc1. The molecule has 1 aromatic carbocycles. The summed E-state index contributed by atoms with van der Waals surface area (Å²) in [5.41, 5.74) is 0.399. The van der Waals surface area contributed by atoms with E-state index in [0.29, 0.717) is 15.6 Å². The Morgan fingerprint density at radius 1 is 1.22 bits per heavy atom. The Bertz CT molecular complexity index is 974. The minimum atomic E-state index is -0.580. The van der Waals surface area contributed by atoms with E-state index in [1.54, 1.807) is 16.8 Å². The minimum Gasteiger partial charge on any atom is -0.442 e. The molecule has 142 valence electrons. The Morgan fingerprint density at radius 2 is 1.89 bits per heavy atom. The molecule has 0 fully saturated rings. The van der Waals surface area contributed by atoms with E-state index < -0.39 is 5.97 Å². The molecule has 0 N–H and O–H groups in total. The third kappa shape index (κ3) is 4.59. The second-order valence-corrected chi connectivity index (χ2v) is 9.15. The van der Waals surface area contributed by atoms with Crippen molar-refractivity contribution in [3.63, 3.8) is 0 Å². The molecule has 3 rings (SSSR count). The van der Waals surface area contributed by atoms with Crippen molar-refractivity contribution >= 4 is 45.3 Å². The maximum Gasteiger partial charge on any atom is 0.381 e. The lowest BCUT2D eigenvalue weighted by atomic mass is 10.1. The first-order chi connectivity index (χ1) is 12.6. The highest BCUT2D eigenvalue weighted by molar-refractivity contribution is 9.10. The zero-order valence-electron chi connectivity index (χ0n) is 15.2. The van der Waals surface area contributed by atoms with Crippen molar-refractivity contribution in [2.45, 2.75) is 43.0 Å². The number of furan rings is 1. The van der Waals surface area contributed by atoms with Crippen LogP contribution in [0.3, 0.4) is 0 Å². The van der Waals surface area contributed by atoms with Crippen molar-refractivity contribution in [3.05, 3.63) is 57.5 Å². The number of aryl methyl sites for hydroxylation is 1. The van der Waals surface area contributed by atoms with Gasteiger partial charge in [-0.2, -0.15) is 5.10 Å². The van der Waals surface area contributed by atoms with E-state index in [-0.39, 0.29) is 11.3 Å². The zero-order chi connectivity index (χ0) is 19.8. The third-order valence-corrected chi connectivity index (χ3v) is 5.46. The van der Waals surface area contributed by atoms with Crippen LogP contribution in [-0.4, -0.2) is 15.7 Å². The molecule has 0 aliphatic carbocycles. The highest BCUT2D eigenvalue weighted by atomic mass is 79.9. The van der Waals surface area contributed by atoms with Crippen LogP contribution in [0.25, 0.3) is 0 Å². The first kappa shape index (κ1) is 20.0. The van der Waals surface area contributed by atoms with Crippen LogP contribution in [0.1, 0.15) is 37.0 Å². The summed E-state index contributed by atoms with van der Waals surface area (Å²) in [6.07, 6.45) is 0. The highest BCUT2D eigenvalue weighted by Gasteiger charge is 2.28. The van der Waals surface area contributed by atoms with E-state index >= 15 is 0 Å². The molecular formula is C19H18BrClN2O3S. The maximum atomic E-state index is 12.6. The van der Waals surface area contributed by atoms with Gasteiger partial charge in [0.15, 0.2) is 4.67 Å². The number of ether oxygens (including phenoxy) is 1. The summed E-state index contributed by atoms with van der Waals surface area (Å²) in [4.78, 5) is 14.3. The molecule has 3 aromatic rings. The van der Waals surface area contributed by atoms with E-state index in [1.165, 1.54) is 11.8 Å². The Balaban J connectivity index is 2.00. The molecule has 2 heterocycles. The van der Waals surface area contributed by atoms with Gasteiger partial charge in [0.05, 0.1) is 16.1 Å². The fourth-order valence-corrected chi connectivity index (χ4v) is 3.68. The number of carbonyl (C=O) groups excluding carboxylic acids is 1. The van der Waals surface area contributed by atoms with Gasteiger partial charge in [-0.25, -0.2) is 9.48 Å². The number of benzene rings is 1. The lowest BCUT2D eigenvalue weighted by Crippen LogP contribution is -2.25. The van der Waals surface area contributed by atoms with Gasteiger partial charge in [-0.15, -0.1) is 0 Å². The van der Waals surface area contributed by atoms with Crippen molar-refractivity contribution in [1.29, 1.82) is 0 Å². The predicted octanol–water partition coefficient (Wildman–Crippen LogP) is 6.33. The van der Waals surface area contributed by atoms with Crippen molar-refractivity contribution < 1.29 is 13.9 Å². The van der Waals surface area contributed by atoms with Gasteiger partial charge in [0.2, 0.25) is 11.6 Å². The normalized spacial score (nSPS) is 11.6. The second kappa shape index (κ2) is 7.73. The van der Waals surface area contributed by atoms with E-state index in [1.807, 2.05) is 52.0 Å². The summed E-state index contributed by atoms with van der Waals surface area (Å²) < 4.78 is 13.2. The molecule has 0 radical (unpaired) electrons. The quantitative estimate of drug-likeness (QED) is 0.418. The Labute approximate surface area is 175 Å². The molecule has 0 saturated heterocycles. The molecular weight excluding hydrogens is 452 g/mol. The standard InChI is InChI=1S/C19H18BrClN2O3S/c1-11-16(27-13-7-5-12(21)6-8-13)17(23(22-11)19(2,3)4)26-18(24)14-9-10-15(20)25-14/h5-10H,1-4H3. The van der Waals surface area contributed by atoms with E-state index in [2.05, 4.69) is 21.0 Å². The lowest BCUT2D eigenvalue weighted by Gasteiger charge is -2.21. The lowest BCUT2D eigenvalue weighted by molar-refractivity contribution is 0.0669. The summed E-state index contributed by atoms with van der Waals surface area (Å²) in [5, 5.41) is 5.26. The molecule has 0 aliphatic rings. The summed E-state index contributed by atoms with van der Waals surface area (Å²) in [7, 11) is 0. The van der Waals surface area contributed by atoms with E-state index in [4.69, 9.17) is 20.8 Å². The zero-order valence-corrected chi connectivity index (χ0v) is 18.4. The number of hydrogen-bond donors (Lipinski definition) is 0. The molecule has 0 amide bonds. The third-order valence-electron chi connectivity index (χ3n) is 3.60. The van der Waals surface area contributed by atoms with Crippen LogP contribution in [0.15, 0.2) is 55.3 Å². The van der Waals surface area contributed by atoms with Crippen LogP contribution in [-0.2, 0) is 5.54 Å². The Morgan fingerprint density at radius 3 is 2.44 bits per heavy atom. The topological polar surface area (TPSA) is 57.3 Å². The minimum absolute atomic E-state index is 0.114. The fourth-order valence-electron chi connectivity index (χ4n) is 2.34. The molecule has 0 atom stereocenters. The molecule has 0 bridgehead atoms. The van der Waals surface area contributed by atoms with Crippen molar-refractivity contribution in [2.24, 2.45) is 0 Å². The van der Waals surface area contributed by atoms with Crippen LogP contribution >= 0.6 is 39.3 Å². The van der Waals surface area contributed by atoms with Gasteiger partial charge in [-0.05, 0) is 80.0 Å². The average Bonchev–Trinajstić information content (AvgIpc) is 3.15. The largest absolute Gasteiger partial charge is 0.442 e. The molecule has 0 unspecified atom stereocenters. The Kier molecular flexibility index (Phi) is 5.74. The van der Waals surface area contributed by atoms with Gasteiger partial charge in [0, 0.05) is 9.92 Å². The molecule has 8 heteroatoms. The number of esters is 1. The summed E-state index contributed by atoms with van der Waals surface area (Å²) in [6.45, 7) is 7.88. The summed E-state index contributed by atoms with van der Waals surface area (Å²) in [6, 6.07) is 10.7. The maximum absolute atomic E-state index is 12.6. The molecule has 0 saturated carbocycles. The molecule has 2 aromatic heterocycles. The fraction of sp³-hybridized carbons (Fsp3) is 0.263. The number of halogens is 2. The first-order valence-electron chi connectivity index (χ1n) is 8.16. The van der Waals surface area contributed by atoms with E-state index in [0.717, 1.165) is 15.5 Å². The molecule has 0 spiro atoms. The Hall–Kier alpha value is -1.70. The monoisotopic (exact) mass is 468 g/mol. The van der Waals surface area contributed by atoms with E-state index in [9.17, 15) is 4.79 Å². The smallest absolute Gasteiger partial charge is 0.381 e. The number of rotatable bonds is 4. The van der Waals surface area contributed by atoms with Crippen LogP contribution in [0.4, 0.5) is 0 Å². The second-order valence-electron chi connectivity index (χ2n) is 6.85. The van der Waals surface area contributed by atoms with Crippen molar-refractivity contribution in [3.8, 4) is 5.88 Å². The first-order valence-corrected chi connectivity index (χ1v) is 10.1. The summed E-state index contributed by atoms with van der Waals surface area (Å²) in [5.74, 6) is -0.0786. The van der Waals surface area contributed by atoms with Gasteiger partial charge in [-0.1, -0.05) is 23.4 Å².